The molecule has 140 valence electrons. The van der Waals surface area contributed by atoms with Gasteiger partial charge in [0.1, 0.15) is 6.61 Å². The maximum absolute atomic E-state index is 12.5. The smallest absolute Gasteiger partial charge is 0.321 e. The second-order valence-corrected chi connectivity index (χ2v) is 5.95. The van der Waals surface area contributed by atoms with E-state index in [9.17, 15) is 14.4 Å². The van der Waals surface area contributed by atoms with E-state index in [2.05, 4.69) is 16.0 Å². The molecule has 1 fully saturated rings. The van der Waals surface area contributed by atoms with Crippen molar-refractivity contribution in [2.24, 2.45) is 0 Å². The predicted molar refractivity (Wildman–Crippen MR) is 102 cm³/mol. The van der Waals surface area contributed by atoms with Gasteiger partial charge in [-0.1, -0.05) is 6.07 Å². The molecule has 0 radical (unpaired) electrons. The quantitative estimate of drug-likeness (QED) is 0.727. The molecule has 0 saturated carbocycles. The Hall–Kier alpha value is -3.39. The number of nitrogens with one attached hydrogen (secondary N) is 3. The lowest BCUT2D eigenvalue weighted by Gasteiger charge is -2.15. The highest BCUT2D eigenvalue weighted by Crippen LogP contribution is 2.20. The van der Waals surface area contributed by atoms with Gasteiger partial charge in [0, 0.05) is 42.8 Å². The number of carbonyl (C=O) groups excluding carboxylic acids is 3. The summed E-state index contributed by atoms with van der Waals surface area (Å²) in [6.45, 7) is 1.13. The average molecular weight is 368 g/mol. The summed E-state index contributed by atoms with van der Waals surface area (Å²) < 4.78 is 4.76. The van der Waals surface area contributed by atoms with Crippen molar-refractivity contribution in [3.05, 3.63) is 54.1 Å². The number of hydrogen-bond donors (Lipinski definition) is 3. The Balaban J connectivity index is 1.65. The minimum absolute atomic E-state index is 0.0239. The van der Waals surface area contributed by atoms with E-state index < -0.39 is 0 Å². The highest BCUT2D eigenvalue weighted by Gasteiger charge is 2.21. The number of urea groups is 1. The van der Waals surface area contributed by atoms with Crippen molar-refractivity contribution >= 4 is 34.9 Å². The Morgan fingerprint density at radius 1 is 1.11 bits per heavy atom. The Morgan fingerprint density at radius 3 is 2.44 bits per heavy atom. The summed E-state index contributed by atoms with van der Waals surface area (Å²) in [7, 11) is 1.45. The fourth-order valence-electron chi connectivity index (χ4n) is 2.70. The number of hydrogen-bond acceptors (Lipinski definition) is 4. The lowest BCUT2D eigenvalue weighted by molar-refractivity contribution is -0.119. The summed E-state index contributed by atoms with van der Waals surface area (Å²) in [6, 6.07) is 13.5. The lowest BCUT2D eigenvalue weighted by atomic mass is 10.1. The molecule has 0 unspecified atom stereocenters. The summed E-state index contributed by atoms with van der Waals surface area (Å²) in [6.07, 6.45) is 0. The number of nitrogens with zero attached hydrogens (tertiary/aromatic N) is 1. The van der Waals surface area contributed by atoms with Crippen LogP contribution in [0.5, 0.6) is 0 Å². The summed E-state index contributed by atoms with van der Waals surface area (Å²) in [5.74, 6) is -0.537. The molecule has 1 heterocycles. The normalized spacial score (nSPS) is 13.2. The van der Waals surface area contributed by atoms with E-state index in [1.165, 1.54) is 7.11 Å². The highest BCUT2D eigenvalue weighted by molar-refractivity contribution is 6.05. The molecule has 8 heteroatoms. The number of ether oxygens (including phenoxy) is 1. The molecular formula is C19H20N4O4. The SMILES string of the molecule is COCC(=O)Nc1ccc(NC(=O)c2cccc(N3CCNC3=O)c2)cc1. The minimum Gasteiger partial charge on any atom is -0.375 e. The van der Waals surface area contributed by atoms with E-state index >= 15 is 0 Å². The predicted octanol–water partition coefficient (Wildman–Crippen LogP) is 2.05. The number of carbonyl (C=O) groups is 3. The van der Waals surface area contributed by atoms with E-state index in [0.29, 0.717) is 35.7 Å². The maximum atomic E-state index is 12.5. The Bertz CT molecular complexity index is 851. The first-order chi connectivity index (χ1) is 13.1. The first kappa shape index (κ1) is 18.4. The van der Waals surface area contributed by atoms with Crippen LogP contribution in [0.4, 0.5) is 21.9 Å². The van der Waals surface area contributed by atoms with Crippen molar-refractivity contribution in [2.45, 2.75) is 0 Å². The summed E-state index contributed by atoms with van der Waals surface area (Å²) >= 11 is 0. The third-order valence-electron chi connectivity index (χ3n) is 3.98. The number of rotatable bonds is 6. The Kier molecular flexibility index (Phi) is 5.68. The summed E-state index contributed by atoms with van der Waals surface area (Å²) in [5.41, 5.74) is 2.32. The van der Waals surface area contributed by atoms with E-state index in [1.54, 1.807) is 53.4 Å². The molecule has 0 aromatic heterocycles. The molecule has 3 N–H and O–H groups in total. The van der Waals surface area contributed by atoms with Gasteiger partial charge in [-0.25, -0.2) is 4.79 Å². The second-order valence-electron chi connectivity index (χ2n) is 5.95. The van der Waals surface area contributed by atoms with Gasteiger partial charge in [0.2, 0.25) is 5.91 Å². The minimum atomic E-state index is -0.285. The van der Waals surface area contributed by atoms with Crippen LogP contribution in [-0.2, 0) is 9.53 Å². The first-order valence-corrected chi connectivity index (χ1v) is 8.42. The van der Waals surface area contributed by atoms with Crippen LogP contribution >= 0.6 is 0 Å². The molecule has 0 spiro atoms. The van der Waals surface area contributed by atoms with Gasteiger partial charge in [-0.15, -0.1) is 0 Å². The maximum Gasteiger partial charge on any atom is 0.321 e. The van der Waals surface area contributed by atoms with Crippen LogP contribution in [0, 0.1) is 0 Å². The number of anilines is 3. The van der Waals surface area contributed by atoms with E-state index in [1.807, 2.05) is 0 Å². The molecule has 27 heavy (non-hydrogen) atoms. The fraction of sp³-hybridized carbons (Fsp3) is 0.211. The molecule has 2 aromatic rings. The largest absolute Gasteiger partial charge is 0.375 e. The van der Waals surface area contributed by atoms with Gasteiger partial charge < -0.3 is 20.7 Å². The topological polar surface area (TPSA) is 99.8 Å². The molecule has 0 atom stereocenters. The highest BCUT2D eigenvalue weighted by atomic mass is 16.5. The molecule has 0 bridgehead atoms. The van der Waals surface area contributed by atoms with Gasteiger partial charge in [-0.2, -0.15) is 0 Å². The van der Waals surface area contributed by atoms with E-state index in [4.69, 9.17) is 4.74 Å². The van der Waals surface area contributed by atoms with E-state index in [0.717, 1.165) is 0 Å². The van der Waals surface area contributed by atoms with Gasteiger partial charge in [0.15, 0.2) is 0 Å². The molecule has 2 aromatic carbocycles. The van der Waals surface area contributed by atoms with Crippen LogP contribution in [0.1, 0.15) is 10.4 Å². The van der Waals surface area contributed by atoms with E-state index in [-0.39, 0.29) is 24.5 Å². The van der Waals surface area contributed by atoms with Crippen LogP contribution in [0.15, 0.2) is 48.5 Å². The van der Waals surface area contributed by atoms with Crippen molar-refractivity contribution in [1.29, 1.82) is 0 Å². The zero-order chi connectivity index (χ0) is 19.2. The number of benzene rings is 2. The molecule has 1 aliphatic heterocycles. The van der Waals surface area contributed by atoms with Crippen molar-refractivity contribution in [3.63, 3.8) is 0 Å². The Labute approximate surface area is 156 Å². The average Bonchev–Trinajstić information content (AvgIpc) is 3.09. The molecule has 3 rings (SSSR count). The van der Waals surface area contributed by atoms with Crippen molar-refractivity contribution in [3.8, 4) is 0 Å². The van der Waals surface area contributed by atoms with Crippen molar-refractivity contribution in [2.75, 3.05) is 42.3 Å². The molecule has 1 aliphatic rings. The molecular weight excluding hydrogens is 348 g/mol. The van der Waals surface area contributed by atoms with Gasteiger partial charge in [-0.3, -0.25) is 14.5 Å². The van der Waals surface area contributed by atoms with Gasteiger partial charge in [-0.05, 0) is 42.5 Å². The number of methoxy groups -OCH3 is 1. The third kappa shape index (κ3) is 4.62. The fourth-order valence-corrected chi connectivity index (χ4v) is 2.70. The molecule has 0 aliphatic carbocycles. The van der Waals surface area contributed by atoms with Crippen molar-refractivity contribution < 1.29 is 19.1 Å². The first-order valence-electron chi connectivity index (χ1n) is 8.42. The van der Waals surface area contributed by atoms with Crippen LogP contribution in [0.2, 0.25) is 0 Å². The zero-order valence-corrected chi connectivity index (χ0v) is 14.8. The molecule has 1 saturated heterocycles. The summed E-state index contributed by atoms with van der Waals surface area (Å²) in [5, 5.41) is 8.21. The second kappa shape index (κ2) is 8.33. The standard InChI is InChI=1S/C19H20N4O4/c1-27-12-17(24)21-14-5-7-15(8-6-14)22-18(25)13-3-2-4-16(11-13)23-10-9-20-19(23)26/h2-8,11H,9-10,12H2,1H3,(H,20,26)(H,21,24)(H,22,25). The van der Waals surface area contributed by atoms with Gasteiger partial charge in [0.25, 0.3) is 5.91 Å². The van der Waals surface area contributed by atoms with Crippen LogP contribution in [0.25, 0.3) is 0 Å². The van der Waals surface area contributed by atoms with Crippen LogP contribution in [-0.4, -0.2) is 44.7 Å². The van der Waals surface area contributed by atoms with Gasteiger partial charge >= 0.3 is 6.03 Å². The van der Waals surface area contributed by atoms with Crippen LogP contribution < -0.4 is 20.9 Å². The molecule has 4 amide bonds. The van der Waals surface area contributed by atoms with Gasteiger partial charge in [0.05, 0.1) is 0 Å². The summed E-state index contributed by atoms with van der Waals surface area (Å²) in [4.78, 5) is 37.3. The monoisotopic (exact) mass is 368 g/mol. The lowest BCUT2D eigenvalue weighted by Crippen LogP contribution is -2.27. The molecule has 8 nitrogen and oxygen atoms in total. The Morgan fingerprint density at radius 2 is 1.81 bits per heavy atom. The van der Waals surface area contributed by atoms with Crippen molar-refractivity contribution in [1.82, 2.24) is 5.32 Å². The third-order valence-corrected chi connectivity index (χ3v) is 3.98. The van der Waals surface area contributed by atoms with Crippen LogP contribution in [0.3, 0.4) is 0 Å². The number of amides is 4. The zero-order valence-electron chi connectivity index (χ0n) is 14.8.